The molecule has 0 radical (unpaired) electrons. The molecule has 2 fully saturated rings. The molecule has 11 heteroatoms. The van der Waals surface area contributed by atoms with E-state index in [1.54, 1.807) is 19.1 Å². The number of fused-ring (bicyclic) bond motifs is 6. The minimum Gasteiger partial charge on any atom is -0.488 e. The molecule has 3 aliphatic heterocycles. The molecule has 5 aromatic rings. The number of H-pyrrole nitrogens is 2. The molecule has 5 heterocycles. The van der Waals surface area contributed by atoms with Crippen LogP contribution >= 0.6 is 0 Å². The van der Waals surface area contributed by atoms with E-state index < -0.39 is 5.60 Å². The number of hydrogen-bond acceptors (Lipinski definition) is 8. The predicted molar refractivity (Wildman–Crippen MR) is 187 cm³/mol. The Bertz CT molecular complexity index is 2030. The van der Waals surface area contributed by atoms with Crippen LogP contribution in [-0.4, -0.2) is 77.1 Å². The fraction of sp³-hybridized carbons (Fsp3) is 0.447. The normalized spacial score (nSPS) is 22.0. The second-order valence-corrected chi connectivity index (χ2v) is 14.7. The van der Waals surface area contributed by atoms with Gasteiger partial charge in [0, 0.05) is 44.2 Å². The third-order valence-electron chi connectivity index (χ3n) is 9.96. The van der Waals surface area contributed by atoms with Crippen LogP contribution in [0.4, 0.5) is 4.79 Å². The maximum atomic E-state index is 13.3. The molecule has 256 valence electrons. The van der Waals surface area contributed by atoms with Gasteiger partial charge < -0.3 is 34.2 Å². The van der Waals surface area contributed by atoms with Crippen LogP contribution in [0.25, 0.3) is 44.2 Å². The van der Waals surface area contributed by atoms with Crippen LogP contribution < -0.4 is 10.1 Å². The molecule has 4 unspecified atom stereocenters. The number of carbonyl (C=O) groups excluding carboxylic acids is 1. The van der Waals surface area contributed by atoms with Gasteiger partial charge in [0.1, 0.15) is 29.6 Å². The highest BCUT2D eigenvalue weighted by atomic mass is 16.6. The topological polar surface area (TPSA) is 127 Å². The predicted octanol–water partition coefficient (Wildman–Crippen LogP) is 6.91. The highest BCUT2D eigenvalue weighted by molar-refractivity contribution is 6.07. The van der Waals surface area contributed by atoms with E-state index in [9.17, 15) is 4.79 Å². The van der Waals surface area contributed by atoms with Gasteiger partial charge in [-0.1, -0.05) is 18.2 Å². The number of imidazole rings is 2. The maximum Gasteiger partial charge on any atom is 0.410 e. The molecule has 1 amide bonds. The number of carbonyl (C=O) groups is 1. The molecular formula is C38H44N6O5. The van der Waals surface area contributed by atoms with Crippen LogP contribution in [0.15, 0.2) is 48.7 Å². The summed E-state index contributed by atoms with van der Waals surface area (Å²) in [5.74, 6) is 3.25. The van der Waals surface area contributed by atoms with Gasteiger partial charge in [-0.15, -0.1) is 0 Å². The number of nitrogens with one attached hydrogen (secondary N) is 3. The Labute approximate surface area is 285 Å². The molecule has 0 bridgehead atoms. The Kier molecular flexibility index (Phi) is 8.08. The summed E-state index contributed by atoms with van der Waals surface area (Å²) in [5.41, 5.74) is 6.64. The number of ether oxygens (including phenoxy) is 4. The number of aromatic amines is 2. The fourth-order valence-corrected chi connectivity index (χ4v) is 7.73. The van der Waals surface area contributed by atoms with Crippen molar-refractivity contribution in [2.75, 3.05) is 40.5 Å². The van der Waals surface area contributed by atoms with Gasteiger partial charge in [-0.3, -0.25) is 4.90 Å². The van der Waals surface area contributed by atoms with E-state index in [-0.39, 0.29) is 24.1 Å². The van der Waals surface area contributed by atoms with Crippen molar-refractivity contribution >= 4 is 27.9 Å². The molecule has 11 nitrogen and oxygen atoms in total. The minimum absolute atomic E-state index is 0.196. The Hall–Kier alpha value is -4.45. The van der Waals surface area contributed by atoms with Crippen molar-refractivity contribution in [3.63, 3.8) is 0 Å². The maximum absolute atomic E-state index is 13.3. The van der Waals surface area contributed by atoms with Crippen molar-refractivity contribution in [1.82, 2.24) is 30.2 Å². The highest BCUT2D eigenvalue weighted by Gasteiger charge is 2.40. The van der Waals surface area contributed by atoms with Crippen LogP contribution in [0.3, 0.4) is 0 Å². The first kappa shape index (κ1) is 31.8. The zero-order chi connectivity index (χ0) is 33.9. The first-order valence-corrected chi connectivity index (χ1v) is 17.2. The zero-order valence-electron chi connectivity index (χ0n) is 28.8. The number of aromatic nitrogens is 4. The van der Waals surface area contributed by atoms with Crippen molar-refractivity contribution in [3.8, 4) is 28.1 Å². The number of benzene rings is 3. The largest absolute Gasteiger partial charge is 0.488 e. The summed E-state index contributed by atoms with van der Waals surface area (Å²) in [6.45, 7) is 8.96. The van der Waals surface area contributed by atoms with Gasteiger partial charge in [-0.25, -0.2) is 14.8 Å². The van der Waals surface area contributed by atoms with Crippen LogP contribution in [0, 0.1) is 11.8 Å². The van der Waals surface area contributed by atoms with E-state index in [1.165, 1.54) is 0 Å². The second kappa shape index (κ2) is 12.5. The van der Waals surface area contributed by atoms with E-state index >= 15 is 0 Å². The summed E-state index contributed by atoms with van der Waals surface area (Å²) >= 11 is 0. The smallest absolute Gasteiger partial charge is 0.410 e. The first-order chi connectivity index (χ1) is 23.7. The third kappa shape index (κ3) is 6.04. The van der Waals surface area contributed by atoms with Gasteiger partial charge in [0.15, 0.2) is 0 Å². The first-order valence-electron chi connectivity index (χ1n) is 17.2. The molecule has 0 spiro atoms. The lowest BCUT2D eigenvalue weighted by molar-refractivity contribution is 0.0209. The Morgan fingerprint density at radius 1 is 0.980 bits per heavy atom. The van der Waals surface area contributed by atoms with Crippen LogP contribution in [0.5, 0.6) is 5.75 Å². The van der Waals surface area contributed by atoms with Gasteiger partial charge in [0.05, 0.1) is 48.2 Å². The van der Waals surface area contributed by atoms with Crippen molar-refractivity contribution in [1.29, 1.82) is 0 Å². The molecule has 3 aromatic carbocycles. The lowest BCUT2D eigenvalue weighted by Crippen LogP contribution is -2.37. The number of likely N-dealkylation sites (tertiary alicyclic amines) is 1. The fourth-order valence-electron chi connectivity index (χ4n) is 7.73. The summed E-state index contributed by atoms with van der Waals surface area (Å²) in [6, 6.07) is 15.0. The summed E-state index contributed by atoms with van der Waals surface area (Å²) < 4.78 is 23.0. The van der Waals surface area contributed by atoms with Crippen LogP contribution in [0.1, 0.15) is 62.9 Å². The number of rotatable bonds is 7. The molecule has 2 saturated heterocycles. The van der Waals surface area contributed by atoms with E-state index in [0.717, 1.165) is 93.1 Å². The Morgan fingerprint density at radius 3 is 2.63 bits per heavy atom. The van der Waals surface area contributed by atoms with E-state index in [0.29, 0.717) is 25.7 Å². The Morgan fingerprint density at radius 2 is 1.82 bits per heavy atom. The van der Waals surface area contributed by atoms with E-state index in [2.05, 4.69) is 57.7 Å². The SMILES string of the molecule is COCC1CNC(c2ncc(-c3ccc4c(c3)COc3cc5c(ccc6[nH]c(C7CC(COC)CN7C(=O)OC(C)(C)C)nc65)cc3-4)[nH]2)C1. The molecule has 2 aromatic heterocycles. The van der Waals surface area contributed by atoms with Gasteiger partial charge >= 0.3 is 6.09 Å². The van der Waals surface area contributed by atoms with Crippen LogP contribution in [-0.2, 0) is 20.8 Å². The quantitative estimate of drug-likeness (QED) is 0.171. The van der Waals surface area contributed by atoms with Crippen molar-refractivity contribution in [3.05, 3.63) is 65.9 Å². The van der Waals surface area contributed by atoms with E-state index in [1.807, 2.05) is 27.0 Å². The number of nitrogens with zero attached hydrogens (tertiary/aromatic N) is 3. The van der Waals surface area contributed by atoms with Crippen LogP contribution in [0.2, 0.25) is 0 Å². The lowest BCUT2D eigenvalue weighted by Gasteiger charge is -2.27. The van der Waals surface area contributed by atoms with Crippen molar-refractivity contribution < 1.29 is 23.7 Å². The zero-order valence-corrected chi connectivity index (χ0v) is 28.8. The van der Waals surface area contributed by atoms with Gasteiger partial charge in [-0.05, 0) is 85.9 Å². The van der Waals surface area contributed by atoms with Gasteiger partial charge in [0.25, 0.3) is 0 Å². The Balaban J connectivity index is 1.08. The summed E-state index contributed by atoms with van der Waals surface area (Å²) in [7, 11) is 3.45. The monoisotopic (exact) mass is 664 g/mol. The average molecular weight is 665 g/mol. The standard InChI is InChI=1S/C38H44N6O5/c1-38(2,3)49-37(45)44-17-22(19-47-5)11-32(44)36-41-29-9-7-23-13-28-26-8-6-24(12-25(26)20-48-33(28)14-27(23)34(29)43-36)31-16-40-35(42-31)30-10-21(15-39-30)18-46-4/h6-9,12-14,16,21-22,30,32,39H,10-11,15,17-20H2,1-5H3,(H,40,42)(H,41,43). The number of hydrogen-bond donors (Lipinski definition) is 3. The molecule has 4 atom stereocenters. The summed E-state index contributed by atoms with van der Waals surface area (Å²) in [4.78, 5) is 31.9. The molecule has 0 saturated carbocycles. The molecule has 49 heavy (non-hydrogen) atoms. The second-order valence-electron chi connectivity index (χ2n) is 14.7. The minimum atomic E-state index is -0.589. The number of methoxy groups -OCH3 is 2. The van der Waals surface area contributed by atoms with Crippen molar-refractivity contribution in [2.24, 2.45) is 11.8 Å². The summed E-state index contributed by atoms with van der Waals surface area (Å²) in [5, 5.41) is 5.65. The molecular weight excluding hydrogens is 620 g/mol. The molecule has 0 aliphatic carbocycles. The summed E-state index contributed by atoms with van der Waals surface area (Å²) in [6.07, 6.45) is 3.34. The molecule has 3 aliphatic rings. The number of amides is 1. The van der Waals surface area contributed by atoms with Gasteiger partial charge in [-0.2, -0.15) is 0 Å². The van der Waals surface area contributed by atoms with E-state index in [4.69, 9.17) is 28.9 Å². The average Bonchev–Trinajstić information content (AvgIpc) is 3.89. The van der Waals surface area contributed by atoms with Crippen molar-refractivity contribution in [2.45, 2.75) is 57.9 Å². The lowest BCUT2D eigenvalue weighted by atomic mass is 9.92. The molecule has 3 N–H and O–H groups in total. The van der Waals surface area contributed by atoms with Gasteiger partial charge in [0.2, 0.25) is 0 Å². The third-order valence-corrected chi connectivity index (χ3v) is 9.96. The molecule has 8 rings (SSSR count). The highest BCUT2D eigenvalue weighted by Crippen LogP contribution is 2.43.